The number of thiophene rings is 1. The van der Waals surface area contributed by atoms with Gasteiger partial charge in [-0.1, -0.05) is 35.0 Å². The maximum absolute atomic E-state index is 12.1. The lowest BCUT2D eigenvalue weighted by Crippen LogP contribution is -2.22. The van der Waals surface area contributed by atoms with Crippen molar-refractivity contribution in [1.82, 2.24) is 5.32 Å². The molecule has 2 N–H and O–H groups in total. The fourth-order valence-electron chi connectivity index (χ4n) is 1.67. The smallest absolute Gasteiger partial charge is 0.251 e. The molecule has 6 heteroatoms. The maximum atomic E-state index is 12.1. The van der Waals surface area contributed by atoms with Crippen LogP contribution in [0.25, 0.3) is 0 Å². The van der Waals surface area contributed by atoms with Gasteiger partial charge in [-0.15, -0.1) is 11.3 Å². The van der Waals surface area contributed by atoms with E-state index in [1.54, 1.807) is 18.2 Å². The molecule has 1 amide bonds. The fraction of sp³-hybridized carbons (Fsp3) is 0.133. The molecule has 1 heterocycles. The zero-order valence-corrected chi connectivity index (χ0v) is 13.1. The van der Waals surface area contributed by atoms with Crippen LogP contribution >= 0.6 is 34.5 Å². The van der Waals surface area contributed by atoms with Crippen LogP contribution in [-0.2, 0) is 6.54 Å². The fourth-order valence-corrected chi connectivity index (χ4v) is 2.97. The molecule has 21 heavy (non-hydrogen) atoms. The molecule has 0 spiro atoms. The Labute approximate surface area is 136 Å². The first-order chi connectivity index (χ1) is 10.1. The highest BCUT2D eigenvalue weighted by molar-refractivity contribution is 7.10. The summed E-state index contributed by atoms with van der Waals surface area (Å²) in [6.45, 7) is 0.165. The number of halogens is 2. The van der Waals surface area contributed by atoms with E-state index in [0.29, 0.717) is 22.2 Å². The quantitative estimate of drug-likeness (QED) is 0.842. The SMILES string of the molecule is O=C(NCc1sccc1C#CCO)c1cc(Cl)cc(Cl)c1. The minimum Gasteiger partial charge on any atom is -0.384 e. The number of aliphatic hydroxyl groups excluding tert-OH is 1. The van der Waals surface area contributed by atoms with E-state index in [2.05, 4.69) is 17.2 Å². The van der Waals surface area contributed by atoms with Gasteiger partial charge in [0.25, 0.3) is 5.91 Å². The molecule has 108 valence electrons. The van der Waals surface area contributed by atoms with Gasteiger partial charge in [0.05, 0.1) is 6.54 Å². The van der Waals surface area contributed by atoms with Crippen LogP contribution in [0.3, 0.4) is 0 Å². The topological polar surface area (TPSA) is 49.3 Å². The number of benzene rings is 1. The molecule has 0 fully saturated rings. The van der Waals surface area contributed by atoms with Crippen molar-refractivity contribution in [2.75, 3.05) is 6.61 Å². The summed E-state index contributed by atoms with van der Waals surface area (Å²) < 4.78 is 0. The zero-order valence-electron chi connectivity index (χ0n) is 10.8. The molecular weight excluding hydrogens is 329 g/mol. The van der Waals surface area contributed by atoms with Crippen LogP contribution in [0.2, 0.25) is 10.0 Å². The summed E-state index contributed by atoms with van der Waals surface area (Å²) in [5.74, 6) is 5.18. The zero-order chi connectivity index (χ0) is 15.2. The first-order valence-electron chi connectivity index (χ1n) is 6.00. The minimum atomic E-state index is -0.256. The molecule has 0 radical (unpaired) electrons. The lowest BCUT2D eigenvalue weighted by molar-refractivity contribution is 0.0951. The van der Waals surface area contributed by atoms with Gasteiger partial charge in [-0.25, -0.2) is 0 Å². The van der Waals surface area contributed by atoms with Crippen molar-refractivity contribution >= 4 is 40.4 Å². The first-order valence-corrected chi connectivity index (χ1v) is 7.64. The van der Waals surface area contributed by atoms with E-state index in [0.717, 1.165) is 10.4 Å². The third-order valence-electron chi connectivity index (χ3n) is 2.58. The van der Waals surface area contributed by atoms with Crippen molar-refractivity contribution in [2.24, 2.45) is 0 Å². The van der Waals surface area contributed by atoms with E-state index in [1.165, 1.54) is 11.3 Å². The van der Waals surface area contributed by atoms with Crippen LogP contribution in [0.1, 0.15) is 20.8 Å². The summed E-state index contributed by atoms with van der Waals surface area (Å²) in [6.07, 6.45) is 0. The molecule has 0 aliphatic heterocycles. The van der Waals surface area contributed by atoms with Gasteiger partial charge in [-0.3, -0.25) is 4.79 Å². The second-order valence-corrected chi connectivity index (χ2v) is 5.93. The molecule has 2 aromatic rings. The van der Waals surface area contributed by atoms with E-state index in [-0.39, 0.29) is 12.5 Å². The first kappa shape index (κ1) is 15.9. The molecule has 0 aliphatic rings. The predicted octanol–water partition coefficient (Wildman–Crippen LogP) is 3.33. The van der Waals surface area contributed by atoms with E-state index in [1.807, 2.05) is 11.4 Å². The van der Waals surface area contributed by atoms with Crippen molar-refractivity contribution in [1.29, 1.82) is 0 Å². The van der Waals surface area contributed by atoms with E-state index < -0.39 is 0 Å². The van der Waals surface area contributed by atoms with Crippen molar-refractivity contribution in [3.63, 3.8) is 0 Å². The Morgan fingerprint density at radius 3 is 2.67 bits per heavy atom. The summed E-state index contributed by atoms with van der Waals surface area (Å²) in [6, 6.07) is 6.54. The highest BCUT2D eigenvalue weighted by Gasteiger charge is 2.09. The predicted molar refractivity (Wildman–Crippen MR) is 85.9 cm³/mol. The van der Waals surface area contributed by atoms with Crippen LogP contribution in [0.15, 0.2) is 29.6 Å². The number of hydrogen-bond donors (Lipinski definition) is 2. The number of carbonyl (C=O) groups excluding carboxylic acids is 1. The van der Waals surface area contributed by atoms with Gasteiger partial charge in [-0.05, 0) is 29.6 Å². The molecule has 0 saturated heterocycles. The van der Waals surface area contributed by atoms with Gasteiger partial charge in [0.1, 0.15) is 6.61 Å². The molecule has 1 aromatic heterocycles. The molecule has 0 aliphatic carbocycles. The minimum absolute atomic E-state index is 0.192. The third-order valence-corrected chi connectivity index (χ3v) is 3.94. The molecule has 0 unspecified atom stereocenters. The van der Waals surface area contributed by atoms with Crippen molar-refractivity contribution in [3.8, 4) is 11.8 Å². The van der Waals surface area contributed by atoms with Gasteiger partial charge in [-0.2, -0.15) is 0 Å². The van der Waals surface area contributed by atoms with Gasteiger partial charge < -0.3 is 10.4 Å². The second-order valence-electron chi connectivity index (χ2n) is 4.06. The van der Waals surface area contributed by atoms with Crippen LogP contribution in [0, 0.1) is 11.8 Å². The lowest BCUT2D eigenvalue weighted by atomic mass is 10.2. The van der Waals surface area contributed by atoms with Crippen molar-refractivity contribution in [3.05, 3.63) is 55.7 Å². The molecule has 0 saturated carbocycles. The molecule has 1 aromatic carbocycles. The Morgan fingerprint density at radius 1 is 1.29 bits per heavy atom. The van der Waals surface area contributed by atoms with Crippen LogP contribution in [0.4, 0.5) is 0 Å². The molecular formula is C15H11Cl2NO2S. The monoisotopic (exact) mass is 339 g/mol. The summed E-state index contributed by atoms with van der Waals surface area (Å²) >= 11 is 13.2. The van der Waals surface area contributed by atoms with Crippen molar-refractivity contribution < 1.29 is 9.90 Å². The normalized spacial score (nSPS) is 9.86. The van der Waals surface area contributed by atoms with Gasteiger partial charge in [0.15, 0.2) is 0 Å². The van der Waals surface area contributed by atoms with E-state index in [9.17, 15) is 4.79 Å². The summed E-state index contributed by atoms with van der Waals surface area (Å²) in [7, 11) is 0. The third kappa shape index (κ3) is 4.48. The number of rotatable bonds is 3. The number of carbonyl (C=O) groups is 1. The molecule has 0 atom stereocenters. The lowest BCUT2D eigenvalue weighted by Gasteiger charge is -2.05. The summed E-state index contributed by atoms with van der Waals surface area (Å²) in [4.78, 5) is 13.0. The van der Waals surface area contributed by atoms with E-state index in [4.69, 9.17) is 28.3 Å². The number of aliphatic hydroxyl groups is 1. The second kappa shape index (κ2) is 7.48. The summed E-state index contributed by atoms with van der Waals surface area (Å²) in [5.41, 5.74) is 1.21. The number of hydrogen-bond acceptors (Lipinski definition) is 3. The summed E-state index contributed by atoms with van der Waals surface area (Å²) in [5, 5.41) is 14.2. The van der Waals surface area contributed by atoms with Gasteiger partial charge >= 0.3 is 0 Å². The van der Waals surface area contributed by atoms with Crippen molar-refractivity contribution in [2.45, 2.75) is 6.54 Å². The maximum Gasteiger partial charge on any atom is 0.251 e. The number of nitrogens with one attached hydrogen (secondary N) is 1. The molecule has 2 rings (SSSR count). The van der Waals surface area contributed by atoms with Gasteiger partial charge in [0, 0.05) is 26.0 Å². The Morgan fingerprint density at radius 2 is 2.00 bits per heavy atom. The van der Waals surface area contributed by atoms with E-state index >= 15 is 0 Å². The molecule has 3 nitrogen and oxygen atoms in total. The van der Waals surface area contributed by atoms with Crippen LogP contribution in [0.5, 0.6) is 0 Å². The average molecular weight is 340 g/mol. The van der Waals surface area contributed by atoms with Crippen LogP contribution in [-0.4, -0.2) is 17.6 Å². The van der Waals surface area contributed by atoms with Crippen LogP contribution < -0.4 is 5.32 Å². The largest absolute Gasteiger partial charge is 0.384 e. The standard InChI is InChI=1S/C15H11Cl2NO2S/c16-12-6-11(7-13(17)8-12)15(20)18-9-14-10(2-1-4-19)3-5-21-14/h3,5-8,19H,4,9H2,(H,18,20). The Balaban J connectivity index is 2.06. The van der Waals surface area contributed by atoms with Gasteiger partial charge in [0.2, 0.25) is 0 Å². The Kier molecular flexibility index (Phi) is 5.66. The highest BCUT2D eigenvalue weighted by Crippen LogP contribution is 2.20. The Hall–Kier alpha value is -1.51. The Bertz CT molecular complexity index is 696. The molecule has 0 bridgehead atoms. The highest BCUT2D eigenvalue weighted by atomic mass is 35.5. The number of amides is 1. The average Bonchev–Trinajstić information content (AvgIpc) is 2.88.